The summed E-state index contributed by atoms with van der Waals surface area (Å²) < 4.78 is 42.3. The van der Waals surface area contributed by atoms with Crippen molar-refractivity contribution in [2.45, 2.75) is 6.18 Å². The average Bonchev–Trinajstić information content (AvgIpc) is 2.31. The highest BCUT2D eigenvalue weighted by Crippen LogP contribution is 2.29. The molecule has 0 spiro atoms. The van der Waals surface area contributed by atoms with Crippen molar-refractivity contribution in [1.82, 2.24) is 9.97 Å². The first-order chi connectivity index (χ1) is 8.45. The number of hydrogen-bond acceptors (Lipinski definition) is 3. The molecule has 1 radical (unpaired) electrons. The van der Waals surface area contributed by atoms with Gasteiger partial charge in [0.1, 0.15) is 10.9 Å². The Balaban J connectivity index is 2.22. The molecule has 0 saturated carbocycles. The molecule has 0 aromatic carbocycles. The van der Waals surface area contributed by atoms with Gasteiger partial charge in [0, 0.05) is 12.1 Å². The van der Waals surface area contributed by atoms with E-state index in [-0.39, 0.29) is 16.8 Å². The number of pyridine rings is 2. The van der Waals surface area contributed by atoms with E-state index in [9.17, 15) is 13.2 Å². The molecule has 0 aliphatic rings. The van der Waals surface area contributed by atoms with Crippen LogP contribution in [-0.2, 0) is 6.18 Å². The molecule has 18 heavy (non-hydrogen) atoms. The SMILES string of the molecule is FC(F)(F)c1[c]ccc(Oc2ccc(Cl)nc2)n1. The number of ether oxygens (including phenoxy) is 1. The first kappa shape index (κ1) is 12.6. The third-order valence-corrected chi connectivity index (χ3v) is 2.08. The molecule has 2 rings (SSSR count). The van der Waals surface area contributed by atoms with Crippen LogP contribution in [0.1, 0.15) is 5.69 Å². The Hall–Kier alpha value is -1.82. The zero-order valence-electron chi connectivity index (χ0n) is 8.70. The van der Waals surface area contributed by atoms with E-state index in [1.807, 2.05) is 6.07 Å². The average molecular weight is 274 g/mol. The zero-order chi connectivity index (χ0) is 13.2. The van der Waals surface area contributed by atoms with Crippen molar-refractivity contribution in [2.24, 2.45) is 0 Å². The first-order valence-corrected chi connectivity index (χ1v) is 5.08. The second kappa shape index (κ2) is 4.81. The predicted octanol–water partition coefficient (Wildman–Crippen LogP) is 3.74. The lowest BCUT2D eigenvalue weighted by Crippen LogP contribution is -2.08. The molecule has 3 nitrogen and oxygen atoms in total. The van der Waals surface area contributed by atoms with Gasteiger partial charge in [-0.3, -0.25) is 0 Å². The van der Waals surface area contributed by atoms with Crippen LogP contribution in [-0.4, -0.2) is 9.97 Å². The van der Waals surface area contributed by atoms with Crippen LogP contribution < -0.4 is 4.74 Å². The summed E-state index contributed by atoms with van der Waals surface area (Å²) in [6.07, 6.45) is -3.27. The van der Waals surface area contributed by atoms with E-state index < -0.39 is 11.9 Å². The lowest BCUT2D eigenvalue weighted by Gasteiger charge is -2.08. The second-order valence-electron chi connectivity index (χ2n) is 3.19. The van der Waals surface area contributed by atoms with Crippen LogP contribution in [0.4, 0.5) is 13.2 Å². The number of rotatable bonds is 2. The minimum Gasteiger partial charge on any atom is -0.437 e. The van der Waals surface area contributed by atoms with Crippen LogP contribution in [0, 0.1) is 6.07 Å². The highest BCUT2D eigenvalue weighted by atomic mass is 35.5. The second-order valence-corrected chi connectivity index (χ2v) is 3.58. The van der Waals surface area contributed by atoms with Gasteiger partial charge in [-0.05, 0) is 18.2 Å². The van der Waals surface area contributed by atoms with Crippen LogP contribution in [0.3, 0.4) is 0 Å². The topological polar surface area (TPSA) is 35.0 Å². The highest BCUT2D eigenvalue weighted by Gasteiger charge is 2.33. The standard InChI is InChI=1S/C11H5ClF3N2O/c12-9-5-4-7(6-16-9)18-10-3-1-2-8(17-10)11(13,14)15/h1,3-6H. The maximum atomic E-state index is 12.4. The lowest BCUT2D eigenvalue weighted by atomic mass is 10.3. The monoisotopic (exact) mass is 273 g/mol. The first-order valence-electron chi connectivity index (χ1n) is 4.70. The van der Waals surface area contributed by atoms with Crippen LogP contribution in [0.2, 0.25) is 5.15 Å². The molecule has 0 bridgehead atoms. The van der Waals surface area contributed by atoms with Crippen molar-refractivity contribution in [1.29, 1.82) is 0 Å². The van der Waals surface area contributed by atoms with Gasteiger partial charge in [0.15, 0.2) is 5.69 Å². The van der Waals surface area contributed by atoms with E-state index in [4.69, 9.17) is 16.3 Å². The molecule has 0 N–H and O–H groups in total. The summed E-state index contributed by atoms with van der Waals surface area (Å²) in [5.41, 5.74) is -1.14. The third-order valence-electron chi connectivity index (χ3n) is 1.86. The smallest absolute Gasteiger partial charge is 0.434 e. The fraction of sp³-hybridized carbons (Fsp3) is 0.0909. The van der Waals surface area contributed by atoms with Gasteiger partial charge in [-0.25, -0.2) is 9.97 Å². The molecule has 0 unspecified atom stereocenters. The predicted molar refractivity (Wildman–Crippen MR) is 57.4 cm³/mol. The van der Waals surface area contributed by atoms with Crippen molar-refractivity contribution in [3.63, 3.8) is 0 Å². The van der Waals surface area contributed by atoms with Crippen LogP contribution >= 0.6 is 11.6 Å². The molecule has 0 fully saturated rings. The maximum Gasteiger partial charge on any atom is 0.434 e. The van der Waals surface area contributed by atoms with Gasteiger partial charge in [0.2, 0.25) is 5.88 Å². The Bertz CT molecular complexity index is 543. The zero-order valence-corrected chi connectivity index (χ0v) is 9.46. The van der Waals surface area contributed by atoms with E-state index in [2.05, 4.69) is 9.97 Å². The Morgan fingerprint density at radius 2 is 2.00 bits per heavy atom. The normalized spacial score (nSPS) is 11.3. The summed E-state index contributed by atoms with van der Waals surface area (Å²) >= 11 is 5.56. The Morgan fingerprint density at radius 1 is 1.22 bits per heavy atom. The Kier molecular flexibility index (Phi) is 3.38. The Labute approximate surface area is 105 Å². The van der Waals surface area contributed by atoms with Gasteiger partial charge in [-0.15, -0.1) is 0 Å². The summed E-state index contributed by atoms with van der Waals surface area (Å²) in [5, 5.41) is 0.257. The van der Waals surface area contributed by atoms with Crippen molar-refractivity contribution in [2.75, 3.05) is 0 Å². The van der Waals surface area contributed by atoms with Crippen molar-refractivity contribution in [3.05, 3.63) is 47.4 Å². The summed E-state index contributed by atoms with van der Waals surface area (Å²) in [6, 6.07) is 7.28. The van der Waals surface area contributed by atoms with Gasteiger partial charge in [-0.2, -0.15) is 13.2 Å². The van der Waals surface area contributed by atoms with E-state index in [1.54, 1.807) is 0 Å². The van der Waals surface area contributed by atoms with E-state index in [0.29, 0.717) is 0 Å². The van der Waals surface area contributed by atoms with Gasteiger partial charge < -0.3 is 4.74 Å². The molecule has 93 valence electrons. The van der Waals surface area contributed by atoms with Crippen molar-refractivity contribution >= 4 is 11.6 Å². The fourth-order valence-electron chi connectivity index (χ4n) is 1.12. The summed E-state index contributed by atoms with van der Waals surface area (Å²) in [4.78, 5) is 7.03. The molecule has 7 heteroatoms. The third kappa shape index (κ3) is 3.10. The summed E-state index contributed by atoms with van der Waals surface area (Å²) in [5.74, 6) is 0.0522. The molecular weight excluding hydrogens is 269 g/mol. The van der Waals surface area contributed by atoms with Gasteiger partial charge in [0.05, 0.1) is 6.20 Å². The van der Waals surface area contributed by atoms with E-state index >= 15 is 0 Å². The number of nitrogens with zero attached hydrogens (tertiary/aromatic N) is 2. The van der Waals surface area contributed by atoms with Crippen molar-refractivity contribution < 1.29 is 17.9 Å². The maximum absolute atomic E-state index is 12.4. The molecule has 0 atom stereocenters. The largest absolute Gasteiger partial charge is 0.437 e. The molecule has 2 heterocycles. The number of halogens is 4. The molecule has 0 aliphatic carbocycles. The van der Waals surface area contributed by atoms with Crippen LogP contribution in [0.15, 0.2) is 30.5 Å². The lowest BCUT2D eigenvalue weighted by molar-refractivity contribution is -0.141. The van der Waals surface area contributed by atoms with E-state index in [0.717, 1.165) is 6.07 Å². The number of alkyl halides is 3. The molecule has 2 aromatic heterocycles. The summed E-state index contributed by atoms with van der Waals surface area (Å²) in [7, 11) is 0. The molecule has 0 amide bonds. The van der Waals surface area contributed by atoms with Crippen molar-refractivity contribution in [3.8, 4) is 11.6 Å². The quantitative estimate of drug-likeness (QED) is 0.782. The van der Waals surface area contributed by atoms with E-state index in [1.165, 1.54) is 24.4 Å². The van der Waals surface area contributed by atoms with Gasteiger partial charge >= 0.3 is 6.18 Å². The number of aromatic nitrogens is 2. The fourth-order valence-corrected chi connectivity index (χ4v) is 1.23. The summed E-state index contributed by atoms with van der Waals surface area (Å²) in [6.45, 7) is 0. The Morgan fingerprint density at radius 3 is 2.61 bits per heavy atom. The minimum atomic E-state index is -4.56. The molecule has 2 aromatic rings. The van der Waals surface area contributed by atoms with Gasteiger partial charge in [-0.1, -0.05) is 11.6 Å². The highest BCUT2D eigenvalue weighted by molar-refractivity contribution is 6.29. The molecular formula is C11H5ClF3N2O. The molecule has 0 saturated heterocycles. The minimum absolute atomic E-state index is 0.190. The van der Waals surface area contributed by atoms with Gasteiger partial charge in [0.25, 0.3) is 0 Å². The van der Waals surface area contributed by atoms with Crippen LogP contribution in [0.25, 0.3) is 0 Å². The van der Waals surface area contributed by atoms with Crippen LogP contribution in [0.5, 0.6) is 11.6 Å². The molecule has 0 aliphatic heterocycles. The number of hydrogen-bond donors (Lipinski definition) is 0.